The molecule has 0 fully saturated rings. The van der Waals surface area contributed by atoms with E-state index in [1.54, 1.807) is 6.92 Å². The summed E-state index contributed by atoms with van der Waals surface area (Å²) < 4.78 is 11.4. The summed E-state index contributed by atoms with van der Waals surface area (Å²) in [5, 5.41) is 10.9. The molecule has 0 spiro atoms. The highest BCUT2D eigenvalue weighted by Gasteiger charge is 2.14. The Balaban J connectivity index is 1.70. The minimum atomic E-state index is -0.519. The number of ether oxygens (including phenoxy) is 1. The lowest BCUT2D eigenvalue weighted by molar-refractivity contribution is -0.605. The number of carbonyl (C=O) groups is 1. The first-order chi connectivity index (χ1) is 11.1. The first-order valence-corrected chi connectivity index (χ1v) is 7.01. The van der Waals surface area contributed by atoms with Crippen molar-refractivity contribution in [3.63, 3.8) is 0 Å². The van der Waals surface area contributed by atoms with E-state index in [9.17, 15) is 10.0 Å². The molecular weight excluding hydrogens is 296 g/mol. The lowest BCUT2D eigenvalue weighted by atomic mass is 10.2. The summed E-state index contributed by atoms with van der Waals surface area (Å²) in [7, 11) is 0. The molecule has 3 rings (SSSR count). The normalized spacial score (nSPS) is 10.5. The zero-order chi connectivity index (χ0) is 16.2. The third-order valence-electron chi connectivity index (χ3n) is 3.29. The van der Waals surface area contributed by atoms with Gasteiger partial charge >= 0.3 is 5.97 Å². The average Bonchev–Trinajstić information content (AvgIpc) is 2.95. The number of aromatic nitrogens is 2. The quantitative estimate of drug-likeness (QED) is 0.420. The van der Waals surface area contributed by atoms with Crippen LogP contribution in [-0.4, -0.2) is 11.0 Å². The van der Waals surface area contributed by atoms with Crippen molar-refractivity contribution < 1.29 is 18.7 Å². The van der Waals surface area contributed by atoms with Gasteiger partial charge in [0.1, 0.15) is 18.1 Å². The molecule has 6 heteroatoms. The van der Waals surface area contributed by atoms with Crippen LogP contribution in [0.2, 0.25) is 0 Å². The van der Waals surface area contributed by atoms with E-state index in [2.05, 4.69) is 4.98 Å². The number of hydrogen-bond acceptors (Lipinski definition) is 5. The minimum absolute atomic E-state index is 0.00721. The number of pyridine rings is 1. The first-order valence-electron chi connectivity index (χ1n) is 7.01. The van der Waals surface area contributed by atoms with Gasteiger partial charge in [-0.05, 0) is 19.1 Å². The second kappa shape index (κ2) is 6.31. The molecule has 23 heavy (non-hydrogen) atoms. The van der Waals surface area contributed by atoms with E-state index in [0.29, 0.717) is 27.6 Å². The van der Waals surface area contributed by atoms with Crippen molar-refractivity contribution in [2.75, 3.05) is 0 Å². The van der Waals surface area contributed by atoms with Crippen molar-refractivity contribution in [1.82, 2.24) is 4.98 Å². The Morgan fingerprint density at radius 3 is 2.61 bits per heavy atom. The maximum absolute atomic E-state index is 11.9. The molecule has 0 amide bonds. The Bertz CT molecular complexity index is 810. The number of benzene rings is 1. The summed E-state index contributed by atoms with van der Waals surface area (Å²) in [4.78, 5) is 16.3. The molecule has 0 aliphatic carbocycles. The second-order valence-electron chi connectivity index (χ2n) is 4.91. The van der Waals surface area contributed by atoms with Crippen molar-refractivity contribution in [2.45, 2.75) is 13.5 Å². The highest BCUT2D eigenvalue weighted by molar-refractivity contribution is 5.88. The van der Waals surface area contributed by atoms with E-state index in [0.717, 1.165) is 5.56 Å². The van der Waals surface area contributed by atoms with Gasteiger partial charge in [0, 0.05) is 17.7 Å². The smallest absolute Gasteiger partial charge is 0.338 e. The van der Waals surface area contributed by atoms with E-state index in [-0.39, 0.29) is 6.61 Å². The fourth-order valence-electron chi connectivity index (χ4n) is 2.03. The van der Waals surface area contributed by atoms with Gasteiger partial charge in [0.2, 0.25) is 5.89 Å². The van der Waals surface area contributed by atoms with Gasteiger partial charge in [0.25, 0.3) is 0 Å². The van der Waals surface area contributed by atoms with Crippen molar-refractivity contribution >= 4 is 5.97 Å². The Labute approximate surface area is 132 Å². The topological polar surface area (TPSA) is 79.3 Å². The van der Waals surface area contributed by atoms with Gasteiger partial charge in [0.05, 0.1) is 5.56 Å². The van der Waals surface area contributed by atoms with Gasteiger partial charge in [-0.1, -0.05) is 18.2 Å². The van der Waals surface area contributed by atoms with Gasteiger partial charge < -0.3 is 14.4 Å². The molecule has 0 unspecified atom stereocenters. The van der Waals surface area contributed by atoms with Crippen LogP contribution in [0.3, 0.4) is 0 Å². The molecule has 0 atom stereocenters. The van der Waals surface area contributed by atoms with Crippen LogP contribution < -0.4 is 4.73 Å². The largest absolute Gasteiger partial charge is 0.619 e. The molecular formula is C17H14N2O4. The van der Waals surface area contributed by atoms with E-state index >= 15 is 0 Å². The van der Waals surface area contributed by atoms with Gasteiger partial charge in [-0.2, -0.15) is 4.73 Å². The van der Waals surface area contributed by atoms with Crippen LogP contribution in [0.15, 0.2) is 59.3 Å². The molecule has 0 N–H and O–H groups in total. The minimum Gasteiger partial charge on any atom is -0.619 e. The number of rotatable bonds is 4. The SMILES string of the molecule is Cc1oc(-c2ccccc2)nc1COC(=O)c1cc[n+]([O-])cc1. The van der Waals surface area contributed by atoms with E-state index in [1.165, 1.54) is 24.5 Å². The summed E-state index contributed by atoms with van der Waals surface area (Å²) in [5.74, 6) is 0.567. The van der Waals surface area contributed by atoms with Crippen molar-refractivity contribution in [1.29, 1.82) is 0 Å². The standard InChI is InChI=1S/C17H14N2O4/c1-12-15(18-16(23-12)13-5-3-2-4-6-13)11-22-17(20)14-7-9-19(21)10-8-14/h2-10H,11H2,1H3. The number of aryl methyl sites for hydroxylation is 1. The summed E-state index contributed by atoms with van der Waals surface area (Å²) >= 11 is 0. The summed E-state index contributed by atoms with van der Waals surface area (Å²) in [6.45, 7) is 1.78. The lowest BCUT2D eigenvalue weighted by Crippen LogP contribution is -2.24. The fourth-order valence-corrected chi connectivity index (χ4v) is 2.03. The van der Waals surface area contributed by atoms with Gasteiger partial charge in [-0.3, -0.25) is 0 Å². The molecule has 0 radical (unpaired) electrons. The predicted octanol–water partition coefficient (Wildman–Crippen LogP) is 2.64. The third-order valence-corrected chi connectivity index (χ3v) is 3.29. The van der Waals surface area contributed by atoms with Crippen molar-refractivity contribution in [3.05, 3.63) is 77.1 Å². The average molecular weight is 310 g/mol. The molecule has 0 aliphatic rings. The molecule has 0 bridgehead atoms. The zero-order valence-corrected chi connectivity index (χ0v) is 12.4. The summed E-state index contributed by atoms with van der Waals surface area (Å²) in [5.41, 5.74) is 1.73. The molecule has 0 aliphatic heterocycles. The summed E-state index contributed by atoms with van der Waals surface area (Å²) in [6.07, 6.45) is 2.48. The molecule has 0 saturated heterocycles. The van der Waals surface area contributed by atoms with Crippen LogP contribution >= 0.6 is 0 Å². The Morgan fingerprint density at radius 2 is 1.91 bits per heavy atom. The lowest BCUT2D eigenvalue weighted by Gasteiger charge is -2.02. The van der Waals surface area contributed by atoms with Gasteiger partial charge in [-0.25, -0.2) is 9.78 Å². The van der Waals surface area contributed by atoms with Gasteiger partial charge in [-0.15, -0.1) is 0 Å². The second-order valence-corrected chi connectivity index (χ2v) is 4.91. The highest BCUT2D eigenvalue weighted by Crippen LogP contribution is 2.21. The maximum atomic E-state index is 11.9. The predicted molar refractivity (Wildman–Crippen MR) is 81.2 cm³/mol. The number of esters is 1. The number of hydrogen-bond donors (Lipinski definition) is 0. The molecule has 3 aromatic rings. The van der Waals surface area contributed by atoms with Crippen LogP contribution in [0.1, 0.15) is 21.8 Å². The van der Waals surface area contributed by atoms with Crippen LogP contribution in [0.4, 0.5) is 0 Å². The summed E-state index contributed by atoms with van der Waals surface area (Å²) in [6, 6.07) is 12.3. The third kappa shape index (κ3) is 3.37. The van der Waals surface area contributed by atoms with Crippen LogP contribution in [-0.2, 0) is 11.3 Å². The molecule has 2 heterocycles. The van der Waals surface area contributed by atoms with E-state index < -0.39 is 5.97 Å². The van der Waals surface area contributed by atoms with E-state index in [1.807, 2.05) is 30.3 Å². The molecule has 116 valence electrons. The number of oxazole rings is 1. The zero-order valence-electron chi connectivity index (χ0n) is 12.4. The Hall–Kier alpha value is -3.15. The number of nitrogens with zero attached hydrogens (tertiary/aromatic N) is 2. The van der Waals surface area contributed by atoms with Crippen LogP contribution in [0.5, 0.6) is 0 Å². The van der Waals surface area contributed by atoms with Crippen molar-refractivity contribution in [3.8, 4) is 11.5 Å². The first kappa shape index (κ1) is 14.8. The monoisotopic (exact) mass is 310 g/mol. The molecule has 1 aromatic carbocycles. The molecule has 0 saturated carbocycles. The highest BCUT2D eigenvalue weighted by atomic mass is 16.5. The fraction of sp³-hybridized carbons (Fsp3) is 0.118. The van der Waals surface area contributed by atoms with Crippen LogP contribution in [0.25, 0.3) is 11.5 Å². The van der Waals surface area contributed by atoms with Crippen LogP contribution in [0, 0.1) is 12.1 Å². The van der Waals surface area contributed by atoms with E-state index in [4.69, 9.17) is 9.15 Å². The van der Waals surface area contributed by atoms with Crippen molar-refractivity contribution in [2.24, 2.45) is 0 Å². The maximum Gasteiger partial charge on any atom is 0.338 e. The Kier molecular flexibility index (Phi) is 4.05. The molecule has 2 aromatic heterocycles. The molecule has 6 nitrogen and oxygen atoms in total. The van der Waals surface area contributed by atoms with Gasteiger partial charge in [0.15, 0.2) is 12.4 Å². The Morgan fingerprint density at radius 1 is 1.22 bits per heavy atom. The number of carbonyl (C=O) groups excluding carboxylic acids is 1.